The predicted molar refractivity (Wildman–Crippen MR) is 71.0 cm³/mol. The molecule has 2 heterocycles. The second-order valence-corrected chi connectivity index (χ2v) is 5.38. The van der Waals surface area contributed by atoms with Gasteiger partial charge in [-0.2, -0.15) is 5.10 Å². The molecule has 0 spiro atoms. The summed E-state index contributed by atoms with van der Waals surface area (Å²) in [5, 5.41) is 7.02. The van der Waals surface area contributed by atoms with Crippen molar-refractivity contribution in [3.63, 3.8) is 0 Å². The number of aryl methyl sites for hydroxylation is 1. The maximum Gasteiger partial charge on any atom is 0.0569 e. The van der Waals surface area contributed by atoms with E-state index in [0.29, 0.717) is 6.54 Å². The summed E-state index contributed by atoms with van der Waals surface area (Å²) in [6, 6.07) is 6.68. The molecular formula is C13H15N3S. The lowest BCUT2D eigenvalue weighted by Crippen LogP contribution is -2.00. The number of aromatic nitrogens is 2. The van der Waals surface area contributed by atoms with Crippen molar-refractivity contribution in [3.05, 3.63) is 35.7 Å². The van der Waals surface area contributed by atoms with Gasteiger partial charge in [0.2, 0.25) is 0 Å². The Kier molecular flexibility index (Phi) is 2.91. The Labute approximate surface area is 105 Å². The molecular weight excluding hydrogens is 230 g/mol. The molecule has 2 aromatic rings. The van der Waals surface area contributed by atoms with Crippen molar-refractivity contribution in [2.24, 2.45) is 5.73 Å². The number of nitrogens with two attached hydrogens (primary N) is 1. The molecule has 0 fully saturated rings. The predicted octanol–water partition coefficient (Wildman–Crippen LogP) is 2.57. The average molecular weight is 245 g/mol. The third-order valence-corrected chi connectivity index (χ3v) is 4.34. The van der Waals surface area contributed by atoms with Crippen LogP contribution in [0.3, 0.4) is 0 Å². The highest BCUT2D eigenvalue weighted by molar-refractivity contribution is 7.99. The molecule has 1 aliphatic heterocycles. The van der Waals surface area contributed by atoms with Gasteiger partial charge in [-0.25, -0.2) is 0 Å². The van der Waals surface area contributed by atoms with E-state index >= 15 is 0 Å². The molecule has 0 bridgehead atoms. The minimum Gasteiger partial charge on any atom is -0.325 e. The van der Waals surface area contributed by atoms with E-state index in [0.717, 1.165) is 11.3 Å². The molecule has 0 unspecified atom stereocenters. The molecule has 0 atom stereocenters. The quantitative estimate of drug-likeness (QED) is 0.855. The van der Waals surface area contributed by atoms with Crippen molar-refractivity contribution >= 4 is 11.8 Å². The maximum absolute atomic E-state index is 5.69. The van der Waals surface area contributed by atoms with Gasteiger partial charge in [0.1, 0.15) is 0 Å². The molecule has 3 rings (SSSR count). The molecule has 3 nitrogen and oxygen atoms in total. The number of thioether (sulfide) groups is 1. The molecule has 0 radical (unpaired) electrons. The summed E-state index contributed by atoms with van der Waals surface area (Å²) in [6.45, 7) is 0.501. The Morgan fingerprint density at radius 3 is 3.24 bits per heavy atom. The standard InChI is InChI=1S/C13H15N3S/c14-7-12-11(8-15-16-12)9-3-4-13-10(6-9)2-1-5-17-13/h3-4,6,8H,1-2,5,7,14H2,(H,15,16). The second kappa shape index (κ2) is 4.55. The van der Waals surface area contributed by atoms with Crippen molar-refractivity contribution in [3.8, 4) is 11.1 Å². The molecule has 4 heteroatoms. The molecule has 3 N–H and O–H groups in total. The van der Waals surface area contributed by atoms with Gasteiger partial charge in [0.05, 0.1) is 11.9 Å². The second-order valence-electron chi connectivity index (χ2n) is 4.24. The number of fused-ring (bicyclic) bond motifs is 1. The molecule has 0 amide bonds. The summed E-state index contributed by atoms with van der Waals surface area (Å²) in [6.07, 6.45) is 4.32. The lowest BCUT2D eigenvalue weighted by molar-refractivity contribution is 0.890. The fraction of sp³-hybridized carbons (Fsp3) is 0.308. The van der Waals surface area contributed by atoms with E-state index in [1.54, 1.807) is 0 Å². The van der Waals surface area contributed by atoms with E-state index < -0.39 is 0 Å². The Morgan fingerprint density at radius 2 is 2.35 bits per heavy atom. The zero-order valence-corrected chi connectivity index (χ0v) is 10.4. The van der Waals surface area contributed by atoms with Gasteiger partial charge in [-0.15, -0.1) is 11.8 Å². The van der Waals surface area contributed by atoms with Crippen LogP contribution in [0, 0.1) is 0 Å². The maximum atomic E-state index is 5.69. The summed E-state index contributed by atoms with van der Waals surface area (Å²) in [5.74, 6) is 1.24. The normalized spacial score (nSPS) is 14.6. The highest BCUT2D eigenvalue weighted by Crippen LogP contribution is 2.33. The molecule has 1 aliphatic rings. The number of hydrogen-bond acceptors (Lipinski definition) is 3. The first-order valence-corrected chi connectivity index (χ1v) is 6.85. The monoisotopic (exact) mass is 245 g/mol. The SMILES string of the molecule is NCc1[nH]ncc1-c1ccc2c(c1)CCCS2. The highest BCUT2D eigenvalue weighted by Gasteiger charge is 2.12. The topological polar surface area (TPSA) is 54.7 Å². The van der Waals surface area contributed by atoms with Gasteiger partial charge < -0.3 is 5.73 Å². The van der Waals surface area contributed by atoms with Crippen LogP contribution in [0.2, 0.25) is 0 Å². The molecule has 1 aromatic heterocycles. The first-order valence-electron chi connectivity index (χ1n) is 5.87. The lowest BCUT2D eigenvalue weighted by atomic mass is 10.0. The van der Waals surface area contributed by atoms with Gasteiger partial charge in [0.15, 0.2) is 0 Å². The minimum absolute atomic E-state index is 0.501. The Balaban J connectivity index is 2.04. The van der Waals surface area contributed by atoms with Crippen molar-refractivity contribution in [1.82, 2.24) is 10.2 Å². The smallest absolute Gasteiger partial charge is 0.0569 e. The molecule has 17 heavy (non-hydrogen) atoms. The van der Waals surface area contributed by atoms with Crippen LogP contribution in [0.15, 0.2) is 29.3 Å². The van der Waals surface area contributed by atoms with E-state index in [2.05, 4.69) is 28.4 Å². The number of rotatable bonds is 2. The number of hydrogen-bond donors (Lipinski definition) is 2. The zero-order valence-electron chi connectivity index (χ0n) is 9.57. The molecule has 0 saturated carbocycles. The van der Waals surface area contributed by atoms with E-state index in [4.69, 9.17) is 5.73 Å². The first kappa shape index (κ1) is 10.9. The zero-order chi connectivity index (χ0) is 11.7. The number of H-pyrrole nitrogens is 1. The Morgan fingerprint density at radius 1 is 1.41 bits per heavy atom. The van der Waals surface area contributed by atoms with Crippen LogP contribution in [-0.4, -0.2) is 16.0 Å². The van der Waals surface area contributed by atoms with Gasteiger partial charge in [0.25, 0.3) is 0 Å². The number of nitrogens with one attached hydrogen (secondary N) is 1. The van der Waals surface area contributed by atoms with Crippen LogP contribution in [0.1, 0.15) is 17.7 Å². The number of nitrogens with zero attached hydrogens (tertiary/aromatic N) is 1. The minimum atomic E-state index is 0.501. The van der Waals surface area contributed by atoms with Gasteiger partial charge in [-0.05, 0) is 41.9 Å². The summed E-state index contributed by atoms with van der Waals surface area (Å²) in [4.78, 5) is 1.43. The fourth-order valence-corrected chi connectivity index (χ4v) is 3.26. The van der Waals surface area contributed by atoms with E-state index in [1.807, 2.05) is 18.0 Å². The van der Waals surface area contributed by atoms with Gasteiger partial charge in [0, 0.05) is 17.0 Å². The van der Waals surface area contributed by atoms with Crippen molar-refractivity contribution in [2.45, 2.75) is 24.3 Å². The van der Waals surface area contributed by atoms with Crippen LogP contribution in [-0.2, 0) is 13.0 Å². The number of aromatic amines is 1. The third-order valence-electron chi connectivity index (χ3n) is 3.14. The first-order chi connectivity index (χ1) is 8.38. The molecule has 0 aliphatic carbocycles. The van der Waals surface area contributed by atoms with Crippen LogP contribution in [0.5, 0.6) is 0 Å². The summed E-state index contributed by atoms with van der Waals surface area (Å²) < 4.78 is 0. The lowest BCUT2D eigenvalue weighted by Gasteiger charge is -2.16. The molecule has 1 aromatic carbocycles. The summed E-state index contributed by atoms with van der Waals surface area (Å²) >= 11 is 1.96. The Bertz CT molecular complexity index is 533. The van der Waals surface area contributed by atoms with Crippen molar-refractivity contribution in [2.75, 3.05) is 5.75 Å². The van der Waals surface area contributed by atoms with Crippen LogP contribution >= 0.6 is 11.8 Å². The van der Waals surface area contributed by atoms with Gasteiger partial charge in [-0.1, -0.05) is 6.07 Å². The largest absolute Gasteiger partial charge is 0.325 e. The molecule has 0 saturated heterocycles. The van der Waals surface area contributed by atoms with Crippen LogP contribution in [0.25, 0.3) is 11.1 Å². The third kappa shape index (κ3) is 1.98. The molecule has 88 valence electrons. The van der Waals surface area contributed by atoms with Crippen molar-refractivity contribution < 1.29 is 0 Å². The summed E-state index contributed by atoms with van der Waals surface area (Å²) in [7, 11) is 0. The highest BCUT2D eigenvalue weighted by atomic mass is 32.2. The van der Waals surface area contributed by atoms with E-state index in [9.17, 15) is 0 Å². The van der Waals surface area contributed by atoms with Gasteiger partial charge >= 0.3 is 0 Å². The summed E-state index contributed by atoms with van der Waals surface area (Å²) in [5.41, 5.74) is 10.5. The van der Waals surface area contributed by atoms with Crippen molar-refractivity contribution in [1.29, 1.82) is 0 Å². The van der Waals surface area contributed by atoms with Gasteiger partial charge in [-0.3, -0.25) is 5.10 Å². The fourth-order valence-electron chi connectivity index (χ4n) is 2.25. The van der Waals surface area contributed by atoms with Crippen LogP contribution in [0.4, 0.5) is 0 Å². The Hall–Kier alpha value is -1.26. The average Bonchev–Trinajstić information content (AvgIpc) is 2.86. The number of benzene rings is 1. The van der Waals surface area contributed by atoms with Crippen LogP contribution < -0.4 is 5.73 Å². The van der Waals surface area contributed by atoms with E-state index in [-0.39, 0.29) is 0 Å². The van der Waals surface area contributed by atoms with E-state index in [1.165, 1.54) is 34.6 Å².